The van der Waals surface area contributed by atoms with Gasteiger partial charge in [0.25, 0.3) is 10.0 Å². The standard InChI is InChI=1S/C30H44N2O6S/c1-30(2,3)38-28(33)16-14-12-10-8-6-4-5-7-9-11-13-15-24-17-20-26(21-18-24)39(36,37)32-27-22-19-25(23-31-27)29(34)35/h17-23H,4-16H2,1-3H3,(H,31,32)(H,34,35). The summed E-state index contributed by atoms with van der Waals surface area (Å²) < 4.78 is 32.9. The largest absolute Gasteiger partial charge is 0.478 e. The number of unbranched alkanes of at least 4 members (excludes halogenated alkanes) is 10. The van der Waals surface area contributed by atoms with Crippen molar-refractivity contribution >= 4 is 27.8 Å². The molecule has 0 aliphatic carbocycles. The lowest BCUT2D eigenvalue weighted by molar-refractivity contribution is -0.154. The Hall–Kier alpha value is -2.94. The molecule has 1 aromatic carbocycles. The third-order valence-electron chi connectivity index (χ3n) is 6.25. The Balaban J connectivity index is 1.52. The maximum Gasteiger partial charge on any atom is 0.337 e. The molecule has 0 spiro atoms. The highest BCUT2D eigenvalue weighted by molar-refractivity contribution is 7.92. The number of carbonyl (C=O) groups is 2. The van der Waals surface area contributed by atoms with Crippen LogP contribution >= 0.6 is 0 Å². The van der Waals surface area contributed by atoms with Crippen molar-refractivity contribution in [1.29, 1.82) is 0 Å². The quantitative estimate of drug-likeness (QED) is 0.147. The Labute approximate surface area is 233 Å². The molecular formula is C30H44N2O6S. The van der Waals surface area contributed by atoms with E-state index in [9.17, 15) is 18.0 Å². The van der Waals surface area contributed by atoms with E-state index < -0.39 is 21.6 Å². The van der Waals surface area contributed by atoms with Crippen LogP contribution in [0, 0.1) is 0 Å². The smallest absolute Gasteiger partial charge is 0.337 e. The summed E-state index contributed by atoms with van der Waals surface area (Å²) in [6.07, 6.45) is 15.4. The summed E-state index contributed by atoms with van der Waals surface area (Å²) in [5.41, 5.74) is 0.694. The summed E-state index contributed by atoms with van der Waals surface area (Å²) in [6, 6.07) is 9.47. The number of benzene rings is 1. The zero-order valence-corrected chi connectivity index (χ0v) is 24.4. The van der Waals surface area contributed by atoms with Crippen molar-refractivity contribution in [3.05, 3.63) is 53.7 Å². The van der Waals surface area contributed by atoms with Gasteiger partial charge >= 0.3 is 11.9 Å². The molecule has 0 amide bonds. The van der Waals surface area contributed by atoms with Crippen molar-refractivity contribution in [2.45, 2.75) is 115 Å². The number of carbonyl (C=O) groups excluding carboxylic acids is 1. The molecule has 8 nitrogen and oxygen atoms in total. The van der Waals surface area contributed by atoms with Crippen LogP contribution in [0.5, 0.6) is 0 Å². The number of aromatic carboxylic acids is 1. The molecule has 2 rings (SSSR count). The third-order valence-corrected chi connectivity index (χ3v) is 7.62. The first kappa shape index (κ1) is 32.3. The zero-order chi connectivity index (χ0) is 28.7. The normalized spacial score (nSPS) is 11.8. The Morgan fingerprint density at radius 2 is 1.36 bits per heavy atom. The van der Waals surface area contributed by atoms with Gasteiger partial charge in [-0.25, -0.2) is 18.2 Å². The molecule has 216 valence electrons. The second-order valence-electron chi connectivity index (χ2n) is 11.0. The maximum absolute atomic E-state index is 12.6. The van der Waals surface area contributed by atoms with Crippen molar-refractivity contribution in [3.63, 3.8) is 0 Å². The van der Waals surface area contributed by atoms with Crippen LogP contribution in [-0.2, 0) is 26.0 Å². The highest BCUT2D eigenvalue weighted by atomic mass is 32.2. The summed E-state index contributed by atoms with van der Waals surface area (Å²) in [5, 5.41) is 8.92. The van der Waals surface area contributed by atoms with Crippen molar-refractivity contribution < 1.29 is 27.9 Å². The highest BCUT2D eigenvalue weighted by Gasteiger charge is 2.16. The number of ether oxygens (including phenoxy) is 1. The lowest BCUT2D eigenvalue weighted by atomic mass is 10.0. The van der Waals surface area contributed by atoms with E-state index in [0.717, 1.165) is 43.9 Å². The van der Waals surface area contributed by atoms with Crippen LogP contribution in [0.3, 0.4) is 0 Å². The van der Waals surface area contributed by atoms with Crippen molar-refractivity contribution in [2.75, 3.05) is 4.72 Å². The van der Waals surface area contributed by atoms with Gasteiger partial charge in [-0.05, 0) is 69.9 Å². The van der Waals surface area contributed by atoms with E-state index in [0.29, 0.717) is 6.42 Å². The van der Waals surface area contributed by atoms with Gasteiger partial charge < -0.3 is 9.84 Å². The van der Waals surface area contributed by atoms with E-state index in [2.05, 4.69) is 9.71 Å². The first-order valence-electron chi connectivity index (χ1n) is 14.0. The molecule has 2 aromatic rings. The molecule has 0 bridgehead atoms. The van der Waals surface area contributed by atoms with Crippen LogP contribution < -0.4 is 4.72 Å². The Bertz CT molecular complexity index is 1120. The number of nitrogens with zero attached hydrogens (tertiary/aromatic N) is 1. The van der Waals surface area contributed by atoms with Crippen LogP contribution in [0.4, 0.5) is 5.82 Å². The number of carboxylic acid groups (broad SMARTS) is 1. The molecule has 2 N–H and O–H groups in total. The van der Waals surface area contributed by atoms with E-state index in [1.165, 1.54) is 57.1 Å². The Morgan fingerprint density at radius 1 is 0.821 bits per heavy atom. The molecule has 0 saturated carbocycles. The van der Waals surface area contributed by atoms with E-state index in [4.69, 9.17) is 9.84 Å². The molecule has 0 atom stereocenters. The molecule has 0 aliphatic heterocycles. The van der Waals surface area contributed by atoms with Crippen LogP contribution in [-0.4, -0.2) is 36.0 Å². The number of pyridine rings is 1. The summed E-state index contributed by atoms with van der Waals surface area (Å²) in [7, 11) is -3.80. The first-order chi connectivity index (χ1) is 18.5. The number of esters is 1. The van der Waals surface area contributed by atoms with Gasteiger partial charge in [-0.1, -0.05) is 69.9 Å². The number of nitrogens with one attached hydrogen (secondary N) is 1. The van der Waals surface area contributed by atoms with Crippen LogP contribution in [0.15, 0.2) is 47.5 Å². The fourth-order valence-corrected chi connectivity index (χ4v) is 5.20. The first-order valence-corrected chi connectivity index (χ1v) is 15.5. The predicted molar refractivity (Wildman–Crippen MR) is 153 cm³/mol. The molecule has 1 aromatic heterocycles. The summed E-state index contributed by atoms with van der Waals surface area (Å²) in [6.45, 7) is 5.69. The Morgan fingerprint density at radius 3 is 1.85 bits per heavy atom. The number of rotatable bonds is 18. The third kappa shape index (κ3) is 13.6. The molecular weight excluding hydrogens is 516 g/mol. The lowest BCUT2D eigenvalue weighted by Crippen LogP contribution is -2.23. The summed E-state index contributed by atoms with van der Waals surface area (Å²) in [4.78, 5) is 26.6. The average Bonchev–Trinajstić information content (AvgIpc) is 2.86. The van der Waals surface area contributed by atoms with Gasteiger partial charge in [0.05, 0.1) is 10.5 Å². The van der Waals surface area contributed by atoms with Crippen LogP contribution in [0.25, 0.3) is 0 Å². The van der Waals surface area contributed by atoms with Gasteiger partial charge in [0.2, 0.25) is 0 Å². The molecule has 0 radical (unpaired) electrons. The number of aromatic nitrogens is 1. The maximum atomic E-state index is 12.6. The monoisotopic (exact) mass is 560 g/mol. The number of aryl methyl sites for hydroxylation is 1. The van der Waals surface area contributed by atoms with Gasteiger partial charge in [0.15, 0.2) is 0 Å². The SMILES string of the molecule is CC(C)(C)OC(=O)CCCCCCCCCCCCCc1ccc(S(=O)(=O)Nc2ccc(C(=O)O)cn2)cc1. The molecule has 39 heavy (non-hydrogen) atoms. The zero-order valence-electron chi connectivity index (χ0n) is 23.6. The van der Waals surface area contributed by atoms with E-state index in [-0.39, 0.29) is 22.2 Å². The predicted octanol–water partition coefficient (Wildman–Crippen LogP) is 7.15. The van der Waals surface area contributed by atoms with E-state index in [1.54, 1.807) is 12.1 Å². The fraction of sp³-hybridized carbons (Fsp3) is 0.567. The number of sulfonamides is 1. The molecule has 0 aliphatic rings. The lowest BCUT2D eigenvalue weighted by Gasteiger charge is -2.19. The summed E-state index contributed by atoms with van der Waals surface area (Å²) >= 11 is 0. The number of carboxylic acids is 1. The molecule has 0 saturated heterocycles. The van der Waals surface area contributed by atoms with Crippen molar-refractivity contribution in [3.8, 4) is 0 Å². The second kappa shape index (κ2) is 16.2. The van der Waals surface area contributed by atoms with Crippen LogP contribution in [0.2, 0.25) is 0 Å². The summed E-state index contributed by atoms with van der Waals surface area (Å²) in [5.74, 6) is -1.15. The fourth-order valence-electron chi connectivity index (χ4n) is 4.19. The van der Waals surface area contributed by atoms with E-state index >= 15 is 0 Å². The van der Waals surface area contributed by atoms with Gasteiger partial charge in [0.1, 0.15) is 11.4 Å². The van der Waals surface area contributed by atoms with Gasteiger partial charge in [-0.3, -0.25) is 9.52 Å². The number of hydrogen-bond donors (Lipinski definition) is 2. The minimum Gasteiger partial charge on any atom is -0.478 e. The van der Waals surface area contributed by atoms with Crippen LogP contribution in [0.1, 0.15) is 114 Å². The van der Waals surface area contributed by atoms with Gasteiger partial charge in [-0.15, -0.1) is 0 Å². The Kier molecular flexibility index (Phi) is 13.4. The molecule has 9 heteroatoms. The number of anilines is 1. The van der Waals surface area contributed by atoms with Crippen molar-refractivity contribution in [1.82, 2.24) is 4.98 Å². The topological polar surface area (TPSA) is 123 Å². The van der Waals surface area contributed by atoms with E-state index in [1.807, 2.05) is 32.9 Å². The molecule has 0 unspecified atom stereocenters. The molecule has 1 heterocycles. The van der Waals surface area contributed by atoms with Gasteiger partial charge in [0, 0.05) is 12.6 Å². The van der Waals surface area contributed by atoms with Crippen molar-refractivity contribution in [2.24, 2.45) is 0 Å². The highest BCUT2D eigenvalue weighted by Crippen LogP contribution is 2.18. The minimum absolute atomic E-state index is 0.0115. The minimum atomic E-state index is -3.80. The average molecular weight is 561 g/mol. The number of hydrogen-bond acceptors (Lipinski definition) is 6. The molecule has 0 fully saturated rings. The second-order valence-corrected chi connectivity index (χ2v) is 12.6. The van der Waals surface area contributed by atoms with Gasteiger partial charge in [-0.2, -0.15) is 0 Å².